The maximum Gasteiger partial charge on any atom is 0.235 e. The van der Waals surface area contributed by atoms with E-state index >= 15 is 0 Å². The highest BCUT2D eigenvalue weighted by Gasteiger charge is 2.20. The van der Waals surface area contributed by atoms with Crippen LogP contribution in [0.15, 0.2) is 75.9 Å². The summed E-state index contributed by atoms with van der Waals surface area (Å²) < 4.78 is 12.1. The molecule has 0 aliphatic carbocycles. The standard InChI is InChI=1S/C24H19ClO3/c1-15-12-19-21(13-16(15)2)28-23(18-10-6-7-11-20(18)25)24(22(19)26)27-14-17-8-4-3-5-9-17/h3-13H,14H2,1-2H3. The molecule has 4 rings (SSSR count). The quantitative estimate of drug-likeness (QED) is 0.410. The van der Waals surface area contributed by atoms with Gasteiger partial charge in [0.15, 0.2) is 5.76 Å². The minimum atomic E-state index is -0.199. The molecule has 4 heteroatoms. The Labute approximate surface area is 168 Å². The van der Waals surface area contributed by atoms with Crippen LogP contribution in [-0.4, -0.2) is 0 Å². The minimum absolute atomic E-state index is 0.174. The van der Waals surface area contributed by atoms with Crippen molar-refractivity contribution in [1.82, 2.24) is 0 Å². The lowest BCUT2D eigenvalue weighted by Gasteiger charge is -2.13. The number of halogens is 1. The molecule has 3 aromatic carbocycles. The predicted octanol–water partition coefficient (Wildman–Crippen LogP) is 6.31. The van der Waals surface area contributed by atoms with Gasteiger partial charge in [-0.15, -0.1) is 0 Å². The molecule has 0 aliphatic heterocycles. The Bertz CT molecular complexity index is 1210. The van der Waals surface area contributed by atoms with E-state index in [1.54, 1.807) is 6.07 Å². The van der Waals surface area contributed by atoms with Crippen LogP contribution in [0.25, 0.3) is 22.3 Å². The summed E-state index contributed by atoms with van der Waals surface area (Å²) in [6, 6.07) is 20.7. The molecule has 3 nitrogen and oxygen atoms in total. The number of hydrogen-bond donors (Lipinski definition) is 0. The van der Waals surface area contributed by atoms with E-state index in [9.17, 15) is 4.79 Å². The summed E-state index contributed by atoms with van der Waals surface area (Å²) in [6.07, 6.45) is 0. The van der Waals surface area contributed by atoms with Crippen LogP contribution in [0.4, 0.5) is 0 Å². The van der Waals surface area contributed by atoms with Crippen LogP contribution < -0.4 is 10.2 Å². The van der Waals surface area contributed by atoms with E-state index < -0.39 is 0 Å². The van der Waals surface area contributed by atoms with Crippen molar-refractivity contribution >= 4 is 22.6 Å². The molecule has 0 radical (unpaired) electrons. The SMILES string of the molecule is Cc1cc2oc(-c3ccccc3Cl)c(OCc3ccccc3)c(=O)c2cc1C. The van der Waals surface area contributed by atoms with E-state index in [2.05, 4.69) is 0 Å². The summed E-state index contributed by atoms with van der Waals surface area (Å²) in [6.45, 7) is 4.23. The van der Waals surface area contributed by atoms with E-state index in [1.165, 1.54) is 0 Å². The lowest BCUT2D eigenvalue weighted by Crippen LogP contribution is -2.11. The molecule has 4 aromatic rings. The van der Waals surface area contributed by atoms with E-state index in [0.717, 1.165) is 16.7 Å². The second-order valence-electron chi connectivity index (χ2n) is 6.78. The van der Waals surface area contributed by atoms with Crippen LogP contribution in [0.1, 0.15) is 16.7 Å². The van der Waals surface area contributed by atoms with Gasteiger partial charge in [-0.1, -0.05) is 54.1 Å². The fourth-order valence-electron chi connectivity index (χ4n) is 3.12. The zero-order valence-corrected chi connectivity index (χ0v) is 16.4. The molecular formula is C24H19ClO3. The summed E-state index contributed by atoms with van der Waals surface area (Å²) >= 11 is 6.39. The van der Waals surface area contributed by atoms with E-state index in [1.807, 2.05) is 74.5 Å². The van der Waals surface area contributed by atoms with E-state index in [0.29, 0.717) is 27.3 Å². The third kappa shape index (κ3) is 3.41. The Morgan fingerprint density at radius 2 is 1.61 bits per heavy atom. The van der Waals surface area contributed by atoms with Gasteiger partial charge in [-0.25, -0.2) is 0 Å². The van der Waals surface area contributed by atoms with Gasteiger partial charge in [0.1, 0.15) is 12.2 Å². The summed E-state index contributed by atoms with van der Waals surface area (Å²) in [7, 11) is 0. The molecule has 0 fully saturated rings. The summed E-state index contributed by atoms with van der Waals surface area (Å²) in [4.78, 5) is 13.3. The zero-order valence-electron chi connectivity index (χ0n) is 15.7. The van der Waals surface area contributed by atoms with Crippen LogP contribution in [-0.2, 0) is 6.61 Å². The van der Waals surface area contributed by atoms with Crippen molar-refractivity contribution in [3.8, 4) is 17.1 Å². The summed E-state index contributed by atoms with van der Waals surface area (Å²) in [5, 5.41) is 1.00. The number of hydrogen-bond acceptors (Lipinski definition) is 3. The molecule has 0 bridgehead atoms. The Morgan fingerprint density at radius 3 is 2.36 bits per heavy atom. The van der Waals surface area contributed by atoms with Gasteiger partial charge in [0.25, 0.3) is 0 Å². The zero-order chi connectivity index (χ0) is 19.7. The van der Waals surface area contributed by atoms with Gasteiger partial charge in [0.05, 0.1) is 10.4 Å². The molecule has 0 aliphatic rings. The van der Waals surface area contributed by atoms with Crippen molar-refractivity contribution in [2.45, 2.75) is 20.5 Å². The second kappa shape index (κ2) is 7.53. The molecule has 1 heterocycles. The topological polar surface area (TPSA) is 39.4 Å². The first-order valence-corrected chi connectivity index (χ1v) is 9.42. The fraction of sp³-hybridized carbons (Fsp3) is 0.125. The molecule has 0 amide bonds. The van der Waals surface area contributed by atoms with Crippen molar-refractivity contribution in [2.75, 3.05) is 0 Å². The molecule has 140 valence electrons. The maximum atomic E-state index is 13.3. The van der Waals surface area contributed by atoms with Crippen molar-refractivity contribution in [2.24, 2.45) is 0 Å². The van der Waals surface area contributed by atoms with Crippen molar-refractivity contribution in [1.29, 1.82) is 0 Å². The van der Waals surface area contributed by atoms with E-state index in [4.69, 9.17) is 20.8 Å². The van der Waals surface area contributed by atoms with Crippen molar-refractivity contribution in [3.05, 3.63) is 98.7 Å². The predicted molar refractivity (Wildman–Crippen MR) is 113 cm³/mol. The molecular weight excluding hydrogens is 372 g/mol. The first-order valence-electron chi connectivity index (χ1n) is 9.04. The number of fused-ring (bicyclic) bond motifs is 1. The first kappa shape index (κ1) is 18.3. The monoisotopic (exact) mass is 390 g/mol. The van der Waals surface area contributed by atoms with Crippen LogP contribution in [0.5, 0.6) is 5.75 Å². The highest BCUT2D eigenvalue weighted by molar-refractivity contribution is 6.33. The molecule has 0 N–H and O–H groups in total. The van der Waals surface area contributed by atoms with Crippen LogP contribution >= 0.6 is 11.6 Å². The molecule has 1 aromatic heterocycles. The Morgan fingerprint density at radius 1 is 0.929 bits per heavy atom. The van der Waals surface area contributed by atoms with Crippen molar-refractivity contribution in [3.63, 3.8) is 0 Å². The Balaban J connectivity index is 1.93. The highest BCUT2D eigenvalue weighted by Crippen LogP contribution is 2.36. The largest absolute Gasteiger partial charge is 0.481 e. The number of benzene rings is 3. The number of ether oxygens (including phenoxy) is 1. The maximum absolute atomic E-state index is 13.3. The molecule has 0 saturated carbocycles. The number of rotatable bonds is 4. The van der Waals surface area contributed by atoms with E-state index in [-0.39, 0.29) is 17.8 Å². The van der Waals surface area contributed by atoms with Gasteiger partial charge in [-0.2, -0.15) is 0 Å². The lowest BCUT2D eigenvalue weighted by atomic mass is 10.0. The Kier molecular flexibility index (Phi) is 4.93. The second-order valence-corrected chi connectivity index (χ2v) is 7.18. The average molecular weight is 391 g/mol. The molecule has 0 spiro atoms. The highest BCUT2D eigenvalue weighted by atomic mass is 35.5. The van der Waals surface area contributed by atoms with Gasteiger partial charge in [0, 0.05) is 5.56 Å². The fourth-order valence-corrected chi connectivity index (χ4v) is 3.34. The van der Waals surface area contributed by atoms with Gasteiger partial charge < -0.3 is 9.15 Å². The van der Waals surface area contributed by atoms with Crippen LogP contribution in [0, 0.1) is 13.8 Å². The first-order chi connectivity index (χ1) is 13.5. The van der Waals surface area contributed by atoms with Gasteiger partial charge in [-0.3, -0.25) is 4.79 Å². The minimum Gasteiger partial charge on any atom is -0.481 e. The van der Waals surface area contributed by atoms with Crippen molar-refractivity contribution < 1.29 is 9.15 Å². The molecule has 0 unspecified atom stereocenters. The molecule has 28 heavy (non-hydrogen) atoms. The number of aryl methyl sites for hydroxylation is 2. The molecule has 0 saturated heterocycles. The van der Waals surface area contributed by atoms with Crippen LogP contribution in [0.3, 0.4) is 0 Å². The third-order valence-electron chi connectivity index (χ3n) is 4.81. The summed E-state index contributed by atoms with van der Waals surface area (Å²) in [5.41, 5.74) is 4.00. The third-order valence-corrected chi connectivity index (χ3v) is 5.14. The lowest BCUT2D eigenvalue weighted by molar-refractivity contribution is 0.298. The van der Waals surface area contributed by atoms with Gasteiger partial charge >= 0.3 is 0 Å². The smallest absolute Gasteiger partial charge is 0.235 e. The Hall–Kier alpha value is -3.04. The average Bonchev–Trinajstić information content (AvgIpc) is 2.70. The van der Waals surface area contributed by atoms with Gasteiger partial charge in [0.2, 0.25) is 11.2 Å². The molecule has 0 atom stereocenters. The summed E-state index contributed by atoms with van der Waals surface area (Å²) in [5.74, 6) is 0.523. The van der Waals surface area contributed by atoms with Crippen LogP contribution in [0.2, 0.25) is 5.02 Å². The van der Waals surface area contributed by atoms with Gasteiger partial charge in [-0.05, 0) is 54.8 Å². The normalized spacial score (nSPS) is 11.0.